The zero-order valence-electron chi connectivity index (χ0n) is 7.37. The minimum absolute atomic E-state index is 0.258. The second-order valence-corrected chi connectivity index (χ2v) is 2.90. The number of nitriles is 1. The molecule has 2 nitrogen and oxygen atoms in total. The Morgan fingerprint density at radius 2 is 2.17 bits per heavy atom. The smallest absolute Gasteiger partial charge is 0.342 e. The van der Waals surface area contributed by atoms with E-state index in [9.17, 15) is 0 Å². The summed E-state index contributed by atoms with van der Waals surface area (Å²) in [5.41, 5.74) is 0. The first-order chi connectivity index (χ1) is 5.65. The maximum absolute atomic E-state index is 8.53. The lowest BCUT2D eigenvalue weighted by molar-refractivity contribution is 0.471. The molecule has 0 bridgehead atoms. The normalized spacial score (nSPS) is 16.0. The third kappa shape index (κ3) is 3.40. The quantitative estimate of drug-likeness (QED) is 0.285. The summed E-state index contributed by atoms with van der Waals surface area (Å²) < 4.78 is 4.64. The van der Waals surface area contributed by atoms with Crippen LogP contribution in [0.25, 0.3) is 0 Å². The van der Waals surface area contributed by atoms with E-state index in [4.69, 9.17) is 5.26 Å². The third-order valence-electron chi connectivity index (χ3n) is 1.84. The summed E-state index contributed by atoms with van der Waals surface area (Å²) in [7, 11) is 2.81. The molecular weight excluding hydrogens is 166 g/mol. The fraction of sp³-hybridized carbons (Fsp3) is 0.444. The van der Waals surface area contributed by atoms with Gasteiger partial charge in [0.25, 0.3) is 0 Å². The van der Waals surface area contributed by atoms with Crippen molar-refractivity contribution >= 4 is 10.5 Å². The van der Waals surface area contributed by atoms with Crippen LogP contribution in [0.2, 0.25) is 0 Å². The highest BCUT2D eigenvalue weighted by molar-refractivity contribution is 5.99. The second kappa shape index (κ2) is 5.61. The van der Waals surface area contributed by atoms with Crippen molar-refractivity contribution in [2.75, 3.05) is 0 Å². The van der Waals surface area contributed by atoms with Crippen molar-refractivity contribution in [3.05, 3.63) is 24.5 Å². The van der Waals surface area contributed by atoms with Gasteiger partial charge in [-0.15, -0.1) is 6.58 Å². The van der Waals surface area contributed by atoms with Gasteiger partial charge in [-0.25, -0.2) is 0 Å². The highest BCUT2D eigenvalue weighted by Gasteiger charge is 2.06. The van der Waals surface area contributed by atoms with E-state index in [-0.39, 0.29) is 11.7 Å². The van der Waals surface area contributed by atoms with Crippen LogP contribution in [0.15, 0.2) is 24.5 Å². The Balaban J connectivity index is 4.31. The van der Waals surface area contributed by atoms with Gasteiger partial charge in [0.05, 0.1) is 0 Å². The number of hydrogen-bond acceptors (Lipinski definition) is 2. The van der Waals surface area contributed by atoms with E-state index in [2.05, 4.69) is 21.5 Å². The predicted octanol–water partition coefficient (Wildman–Crippen LogP) is 1.95. The molecule has 0 N–H and O–H groups in total. The van der Waals surface area contributed by atoms with Crippen molar-refractivity contribution in [3.63, 3.8) is 0 Å². The first-order valence-corrected chi connectivity index (χ1v) is 4.14. The Hall–Kier alpha value is -1.01. The van der Waals surface area contributed by atoms with Crippen molar-refractivity contribution in [2.45, 2.75) is 13.8 Å². The summed E-state index contributed by atoms with van der Waals surface area (Å²) >= 11 is 0. The van der Waals surface area contributed by atoms with Gasteiger partial charge >= 0.3 is 10.5 Å². The fourth-order valence-electron chi connectivity index (χ4n) is 0.699. The molecule has 0 saturated heterocycles. The molecule has 12 heavy (non-hydrogen) atoms. The molecule has 2 unspecified atom stereocenters. The van der Waals surface area contributed by atoms with Crippen LogP contribution in [-0.4, -0.2) is 10.5 Å². The second-order valence-electron chi connectivity index (χ2n) is 2.70. The Morgan fingerprint density at radius 1 is 1.58 bits per heavy atom. The minimum Gasteiger partial charge on any atom is -0.534 e. The Morgan fingerprint density at radius 3 is 2.50 bits per heavy atom. The topological polar surface area (TPSA) is 33.0 Å². The molecule has 63 valence electrons. The molecule has 0 amide bonds. The van der Waals surface area contributed by atoms with Gasteiger partial charge in [-0.1, -0.05) is 19.9 Å². The molecule has 0 fully saturated rings. The summed E-state index contributed by atoms with van der Waals surface area (Å²) in [6.07, 6.45) is 3.61. The molecule has 3 heteroatoms. The van der Waals surface area contributed by atoms with Gasteiger partial charge in [0, 0.05) is 0 Å². The van der Waals surface area contributed by atoms with Crippen LogP contribution in [0.4, 0.5) is 0 Å². The molecule has 0 aromatic rings. The number of allylic oxidation sites excluding steroid dienone is 3. The highest BCUT2D eigenvalue weighted by atomic mass is 28.2. The molecule has 0 aliphatic carbocycles. The van der Waals surface area contributed by atoms with E-state index in [0.29, 0.717) is 5.92 Å². The standard InChI is InChI=1S/C9H12NOSi/c1-4-7(2)8(3)5-9(6-10)11-12/h4-5,7-8H,1H2,2-3H3/b9-5+. The van der Waals surface area contributed by atoms with Gasteiger partial charge in [-0.2, -0.15) is 5.26 Å². The lowest BCUT2D eigenvalue weighted by Crippen LogP contribution is -2.02. The first-order valence-electron chi connectivity index (χ1n) is 3.73. The summed E-state index contributed by atoms with van der Waals surface area (Å²) in [6.45, 7) is 7.72. The van der Waals surface area contributed by atoms with Crippen molar-refractivity contribution in [2.24, 2.45) is 11.8 Å². The molecule has 2 atom stereocenters. The van der Waals surface area contributed by atoms with Crippen molar-refractivity contribution < 1.29 is 4.43 Å². The molecule has 0 heterocycles. The van der Waals surface area contributed by atoms with Crippen molar-refractivity contribution in [3.8, 4) is 6.07 Å². The molecule has 0 aromatic heterocycles. The summed E-state index contributed by atoms with van der Waals surface area (Å²) in [4.78, 5) is 0. The molecule has 0 aliphatic heterocycles. The molecular formula is C9H12NOSi. The van der Waals surface area contributed by atoms with Crippen molar-refractivity contribution in [1.29, 1.82) is 5.26 Å². The number of hydrogen-bond donors (Lipinski definition) is 0. The Labute approximate surface area is 77.1 Å². The van der Waals surface area contributed by atoms with E-state index in [1.165, 1.54) is 0 Å². The van der Waals surface area contributed by atoms with Gasteiger partial charge in [0.2, 0.25) is 0 Å². The van der Waals surface area contributed by atoms with Crippen LogP contribution in [0, 0.1) is 23.2 Å². The first kappa shape index (κ1) is 11.0. The van der Waals surface area contributed by atoms with Gasteiger partial charge < -0.3 is 4.43 Å². The Bertz CT molecular complexity index is 217. The molecule has 0 saturated carbocycles. The zero-order valence-corrected chi connectivity index (χ0v) is 8.37. The molecule has 0 rings (SSSR count). The van der Waals surface area contributed by atoms with E-state index < -0.39 is 0 Å². The van der Waals surface area contributed by atoms with E-state index in [1.54, 1.807) is 6.08 Å². The summed E-state index contributed by atoms with van der Waals surface area (Å²) in [5.74, 6) is 0.886. The van der Waals surface area contributed by atoms with Crippen LogP contribution in [0.5, 0.6) is 0 Å². The SMILES string of the molecule is C=CC(C)C(C)/C=C(\C#N)O[Si]. The Kier molecular flexibility index (Phi) is 5.14. The number of rotatable bonds is 4. The summed E-state index contributed by atoms with van der Waals surface area (Å²) in [5, 5.41) is 8.53. The zero-order chi connectivity index (χ0) is 9.56. The van der Waals surface area contributed by atoms with Crippen LogP contribution in [0.1, 0.15) is 13.8 Å². The van der Waals surface area contributed by atoms with E-state index >= 15 is 0 Å². The van der Waals surface area contributed by atoms with Crippen molar-refractivity contribution in [1.82, 2.24) is 0 Å². The largest absolute Gasteiger partial charge is 0.534 e. The van der Waals surface area contributed by atoms with Gasteiger partial charge in [-0.05, 0) is 17.9 Å². The van der Waals surface area contributed by atoms with Crippen LogP contribution in [0.3, 0.4) is 0 Å². The average Bonchev–Trinajstić information content (AvgIpc) is 2.12. The fourth-order valence-corrected chi connectivity index (χ4v) is 0.813. The minimum atomic E-state index is 0.258. The van der Waals surface area contributed by atoms with Gasteiger partial charge in [0.15, 0.2) is 5.76 Å². The molecule has 0 aromatic carbocycles. The average molecular weight is 178 g/mol. The maximum atomic E-state index is 8.53. The monoisotopic (exact) mass is 178 g/mol. The third-order valence-corrected chi connectivity index (χ3v) is 2.06. The van der Waals surface area contributed by atoms with Crippen LogP contribution < -0.4 is 0 Å². The van der Waals surface area contributed by atoms with Gasteiger partial charge in [-0.3, -0.25) is 0 Å². The lowest BCUT2D eigenvalue weighted by atomic mass is 9.96. The van der Waals surface area contributed by atoms with Gasteiger partial charge in [0.1, 0.15) is 6.07 Å². The lowest BCUT2D eigenvalue weighted by Gasteiger charge is -2.11. The predicted molar refractivity (Wildman–Crippen MR) is 49.1 cm³/mol. The molecule has 0 aliphatic rings. The van der Waals surface area contributed by atoms with E-state index in [0.717, 1.165) is 0 Å². The molecule has 0 spiro atoms. The van der Waals surface area contributed by atoms with Crippen LogP contribution >= 0.6 is 0 Å². The highest BCUT2D eigenvalue weighted by Crippen LogP contribution is 2.14. The number of nitrogens with zero attached hydrogens (tertiary/aromatic N) is 1. The maximum Gasteiger partial charge on any atom is 0.342 e. The van der Waals surface area contributed by atoms with Crippen LogP contribution in [-0.2, 0) is 4.43 Å². The molecule has 3 radical (unpaired) electrons. The summed E-state index contributed by atoms with van der Waals surface area (Å²) in [6, 6.07) is 1.92. The van der Waals surface area contributed by atoms with E-state index in [1.807, 2.05) is 26.0 Å².